The minimum atomic E-state index is -0.104. The van der Waals surface area contributed by atoms with Crippen LogP contribution in [0.4, 0.5) is 11.4 Å². The second kappa shape index (κ2) is 7.56. The van der Waals surface area contributed by atoms with Crippen LogP contribution < -0.4 is 15.4 Å². The maximum atomic E-state index is 11.5. The van der Waals surface area contributed by atoms with Crippen LogP contribution in [0.25, 0.3) is 5.57 Å². The van der Waals surface area contributed by atoms with Crippen molar-refractivity contribution in [2.24, 2.45) is 0 Å². The summed E-state index contributed by atoms with van der Waals surface area (Å²) in [5.74, 6) is 0.592. The number of amides is 1. The number of hydrogen-bond donors (Lipinski definition) is 3. The molecule has 0 fully saturated rings. The number of nitrogens with one attached hydrogen (secondary N) is 3. The van der Waals surface area contributed by atoms with Gasteiger partial charge in [-0.15, -0.1) is 10.2 Å². The molecular weight excluding hydrogens is 298 g/mol. The van der Waals surface area contributed by atoms with Crippen molar-refractivity contribution in [3.63, 3.8) is 0 Å². The molecule has 0 aliphatic heterocycles. The second-order valence-electron chi connectivity index (χ2n) is 4.37. The van der Waals surface area contributed by atoms with Crippen molar-refractivity contribution in [2.45, 2.75) is 13.3 Å². The maximum Gasteiger partial charge on any atom is 0.224 e. The van der Waals surface area contributed by atoms with Crippen molar-refractivity contribution >= 4 is 22.9 Å². The fourth-order valence-corrected chi connectivity index (χ4v) is 1.70. The number of tetrazole rings is 1. The monoisotopic (exact) mass is 313 g/mol. The van der Waals surface area contributed by atoms with Gasteiger partial charge in [-0.05, 0) is 17.3 Å². The fourth-order valence-electron chi connectivity index (χ4n) is 1.70. The Morgan fingerprint density at radius 1 is 1.52 bits per heavy atom. The summed E-state index contributed by atoms with van der Waals surface area (Å²) in [7, 11) is 1.51. The number of nitriles is 1. The molecule has 9 heteroatoms. The largest absolute Gasteiger partial charge is 0.494 e. The molecule has 0 atom stereocenters. The van der Waals surface area contributed by atoms with E-state index < -0.39 is 0 Å². The molecule has 23 heavy (non-hydrogen) atoms. The third kappa shape index (κ3) is 4.04. The fraction of sp³-hybridized carbons (Fsp3) is 0.214. The summed E-state index contributed by atoms with van der Waals surface area (Å²) in [4.78, 5) is 11.5. The van der Waals surface area contributed by atoms with Crippen LogP contribution in [0.2, 0.25) is 0 Å². The van der Waals surface area contributed by atoms with Crippen molar-refractivity contribution in [1.82, 2.24) is 20.6 Å². The first-order chi connectivity index (χ1) is 11.2. The van der Waals surface area contributed by atoms with Gasteiger partial charge in [0.25, 0.3) is 0 Å². The van der Waals surface area contributed by atoms with Gasteiger partial charge in [-0.25, -0.2) is 0 Å². The molecule has 9 nitrogen and oxygen atoms in total. The van der Waals surface area contributed by atoms with Crippen molar-refractivity contribution in [2.75, 3.05) is 17.7 Å². The minimum Gasteiger partial charge on any atom is -0.494 e. The van der Waals surface area contributed by atoms with Crippen LogP contribution in [0.3, 0.4) is 0 Å². The van der Waals surface area contributed by atoms with E-state index in [1.807, 2.05) is 6.07 Å². The average molecular weight is 313 g/mol. The molecule has 0 unspecified atom stereocenters. The molecule has 2 rings (SSSR count). The minimum absolute atomic E-state index is 0.104. The molecule has 2 aromatic rings. The number of anilines is 2. The number of hydrogen-bond acceptors (Lipinski definition) is 7. The van der Waals surface area contributed by atoms with Gasteiger partial charge >= 0.3 is 0 Å². The SMILES string of the molecule is CCC(=O)Nc1ccc(NC=C(C#N)c2nn[nH]n2)cc1OC. The van der Waals surface area contributed by atoms with Gasteiger partial charge in [0, 0.05) is 24.4 Å². The molecule has 0 aliphatic carbocycles. The standard InChI is InChI=1S/C14H15N7O2/c1-3-13(22)17-11-5-4-10(6-12(11)23-2)16-8-9(7-15)14-18-20-21-19-14/h4-6,8,16H,3H2,1-2H3,(H,17,22)(H,18,19,20,21). The number of aromatic amines is 1. The summed E-state index contributed by atoms with van der Waals surface area (Å²) >= 11 is 0. The van der Waals surface area contributed by atoms with Crippen LogP contribution in [0.15, 0.2) is 24.4 Å². The number of methoxy groups -OCH3 is 1. The molecule has 0 bridgehead atoms. The zero-order chi connectivity index (χ0) is 16.7. The van der Waals surface area contributed by atoms with Gasteiger partial charge in [0.2, 0.25) is 11.7 Å². The van der Waals surface area contributed by atoms with E-state index in [1.54, 1.807) is 25.1 Å². The summed E-state index contributed by atoms with van der Waals surface area (Å²) in [6, 6.07) is 7.13. The van der Waals surface area contributed by atoms with Crippen LogP contribution in [-0.4, -0.2) is 33.6 Å². The van der Waals surface area contributed by atoms with E-state index in [-0.39, 0.29) is 17.3 Å². The molecule has 0 saturated heterocycles. The Bertz CT molecular complexity index is 747. The summed E-state index contributed by atoms with van der Waals surface area (Å²) in [5, 5.41) is 28.0. The van der Waals surface area contributed by atoms with E-state index in [0.29, 0.717) is 23.5 Å². The average Bonchev–Trinajstić information content (AvgIpc) is 3.10. The lowest BCUT2D eigenvalue weighted by molar-refractivity contribution is -0.115. The summed E-state index contributed by atoms with van der Waals surface area (Å²) in [6.45, 7) is 1.77. The molecule has 0 aliphatic rings. The lowest BCUT2D eigenvalue weighted by atomic mass is 10.2. The van der Waals surface area contributed by atoms with Crippen molar-refractivity contribution < 1.29 is 9.53 Å². The highest BCUT2D eigenvalue weighted by Gasteiger charge is 2.08. The van der Waals surface area contributed by atoms with Gasteiger partial charge in [0.05, 0.1) is 12.8 Å². The number of benzene rings is 1. The topological polar surface area (TPSA) is 129 Å². The molecule has 1 amide bonds. The molecular formula is C14H15N7O2. The number of allylic oxidation sites excluding steroid dienone is 1. The zero-order valence-electron chi connectivity index (χ0n) is 12.6. The van der Waals surface area contributed by atoms with Gasteiger partial charge in [0.15, 0.2) is 0 Å². The number of nitrogens with zero attached hydrogens (tertiary/aromatic N) is 4. The first kappa shape index (κ1) is 16.0. The molecule has 118 valence electrons. The lowest BCUT2D eigenvalue weighted by Gasteiger charge is -2.11. The summed E-state index contributed by atoms with van der Waals surface area (Å²) < 4.78 is 5.26. The van der Waals surface area contributed by atoms with E-state index in [4.69, 9.17) is 10.00 Å². The van der Waals surface area contributed by atoms with E-state index >= 15 is 0 Å². The smallest absolute Gasteiger partial charge is 0.224 e. The predicted octanol–water partition coefficient (Wildman–Crippen LogP) is 1.53. The quantitative estimate of drug-likeness (QED) is 0.690. The van der Waals surface area contributed by atoms with Crippen LogP contribution in [0.1, 0.15) is 19.2 Å². The number of carbonyl (C=O) groups is 1. The van der Waals surface area contributed by atoms with E-state index in [0.717, 1.165) is 0 Å². The summed E-state index contributed by atoms with van der Waals surface area (Å²) in [6.07, 6.45) is 1.84. The molecule has 1 aromatic heterocycles. The van der Waals surface area contributed by atoms with Gasteiger partial charge < -0.3 is 15.4 Å². The van der Waals surface area contributed by atoms with Gasteiger partial charge in [0.1, 0.15) is 17.4 Å². The Morgan fingerprint density at radius 2 is 2.35 bits per heavy atom. The Kier molecular flexibility index (Phi) is 5.25. The molecule has 0 spiro atoms. The highest BCUT2D eigenvalue weighted by atomic mass is 16.5. The van der Waals surface area contributed by atoms with Crippen LogP contribution in [0.5, 0.6) is 5.75 Å². The number of rotatable bonds is 6. The van der Waals surface area contributed by atoms with Crippen molar-refractivity contribution in [3.05, 3.63) is 30.2 Å². The lowest BCUT2D eigenvalue weighted by Crippen LogP contribution is -2.10. The third-order valence-corrected chi connectivity index (χ3v) is 2.89. The normalized spacial score (nSPS) is 10.7. The third-order valence-electron chi connectivity index (χ3n) is 2.89. The Labute approximate surface area is 132 Å². The Hall–Kier alpha value is -3.41. The molecule has 0 saturated carbocycles. The zero-order valence-corrected chi connectivity index (χ0v) is 12.6. The summed E-state index contributed by atoms with van der Waals surface area (Å²) in [5.41, 5.74) is 1.47. The molecule has 1 aromatic carbocycles. The van der Waals surface area contributed by atoms with Crippen LogP contribution >= 0.6 is 0 Å². The first-order valence-electron chi connectivity index (χ1n) is 6.76. The maximum absolute atomic E-state index is 11.5. The van der Waals surface area contributed by atoms with Gasteiger partial charge in [-0.1, -0.05) is 6.92 Å². The number of ether oxygens (including phenoxy) is 1. The van der Waals surface area contributed by atoms with E-state index in [9.17, 15) is 4.79 Å². The Morgan fingerprint density at radius 3 is 2.96 bits per heavy atom. The second-order valence-corrected chi connectivity index (χ2v) is 4.37. The van der Waals surface area contributed by atoms with Crippen LogP contribution in [0, 0.1) is 11.3 Å². The van der Waals surface area contributed by atoms with Gasteiger partial charge in [-0.3, -0.25) is 4.79 Å². The Balaban J connectivity index is 2.18. The predicted molar refractivity (Wildman–Crippen MR) is 83.3 cm³/mol. The first-order valence-corrected chi connectivity index (χ1v) is 6.76. The van der Waals surface area contributed by atoms with Crippen molar-refractivity contribution in [3.8, 4) is 11.8 Å². The number of carbonyl (C=O) groups excluding carboxylic acids is 1. The molecule has 3 N–H and O–H groups in total. The molecule has 1 heterocycles. The number of aromatic nitrogens is 4. The van der Waals surface area contributed by atoms with Crippen molar-refractivity contribution in [1.29, 1.82) is 5.26 Å². The van der Waals surface area contributed by atoms with Crippen LogP contribution in [-0.2, 0) is 4.79 Å². The highest BCUT2D eigenvalue weighted by molar-refractivity contribution is 5.92. The van der Waals surface area contributed by atoms with Gasteiger partial charge in [-0.2, -0.15) is 10.5 Å². The van der Waals surface area contributed by atoms with E-state index in [2.05, 4.69) is 31.3 Å². The molecule has 0 radical (unpaired) electrons. The number of H-pyrrole nitrogens is 1. The highest BCUT2D eigenvalue weighted by Crippen LogP contribution is 2.28. The van der Waals surface area contributed by atoms with E-state index in [1.165, 1.54) is 13.3 Å².